The number of hydrogen-bond acceptors (Lipinski definition) is 3. The van der Waals surface area contributed by atoms with Gasteiger partial charge in [-0.25, -0.2) is 0 Å². The lowest BCUT2D eigenvalue weighted by atomic mass is 10.0. The van der Waals surface area contributed by atoms with Crippen LogP contribution in [0.1, 0.15) is 32.1 Å². The second-order valence-electron chi connectivity index (χ2n) is 6.14. The maximum Gasteiger partial charge on any atom is 0.227 e. The topological polar surface area (TPSA) is 61.4 Å². The van der Waals surface area contributed by atoms with Crippen molar-refractivity contribution in [2.45, 2.75) is 32.1 Å². The fourth-order valence-corrected chi connectivity index (χ4v) is 3.19. The summed E-state index contributed by atoms with van der Waals surface area (Å²) >= 11 is 0. The SMILES string of the molecule is O=C(CCC1CCNC1)Nc1cccc(N2CCCC2=O)c1. The Morgan fingerprint density at radius 1 is 1.41 bits per heavy atom. The minimum Gasteiger partial charge on any atom is -0.326 e. The zero-order chi connectivity index (χ0) is 15.4. The number of amides is 2. The van der Waals surface area contributed by atoms with Crippen molar-refractivity contribution in [2.24, 2.45) is 5.92 Å². The molecule has 0 bridgehead atoms. The third-order valence-corrected chi connectivity index (χ3v) is 4.46. The predicted octanol–water partition coefficient (Wildman–Crippen LogP) is 2.14. The molecule has 2 heterocycles. The van der Waals surface area contributed by atoms with Gasteiger partial charge in [0.05, 0.1) is 0 Å². The van der Waals surface area contributed by atoms with E-state index in [1.54, 1.807) is 4.90 Å². The van der Waals surface area contributed by atoms with E-state index in [0.717, 1.165) is 43.9 Å². The molecule has 5 nitrogen and oxygen atoms in total. The molecule has 2 aliphatic rings. The Morgan fingerprint density at radius 3 is 3.05 bits per heavy atom. The van der Waals surface area contributed by atoms with Crippen LogP contribution in [0.5, 0.6) is 0 Å². The van der Waals surface area contributed by atoms with Gasteiger partial charge in [0, 0.05) is 30.8 Å². The van der Waals surface area contributed by atoms with Crippen molar-refractivity contribution < 1.29 is 9.59 Å². The quantitative estimate of drug-likeness (QED) is 0.876. The van der Waals surface area contributed by atoms with Crippen molar-refractivity contribution in [1.29, 1.82) is 0 Å². The molecular weight excluding hydrogens is 278 g/mol. The molecule has 0 aromatic heterocycles. The molecule has 5 heteroatoms. The van der Waals surface area contributed by atoms with Crippen molar-refractivity contribution in [2.75, 3.05) is 29.9 Å². The van der Waals surface area contributed by atoms with Gasteiger partial charge in [0.2, 0.25) is 11.8 Å². The Kier molecular flexibility index (Phi) is 4.73. The van der Waals surface area contributed by atoms with Gasteiger partial charge in [-0.1, -0.05) is 6.07 Å². The largest absolute Gasteiger partial charge is 0.326 e. The van der Waals surface area contributed by atoms with Gasteiger partial charge < -0.3 is 15.5 Å². The van der Waals surface area contributed by atoms with Crippen LogP contribution in [0, 0.1) is 5.92 Å². The first-order chi connectivity index (χ1) is 10.7. The van der Waals surface area contributed by atoms with Gasteiger partial charge >= 0.3 is 0 Å². The van der Waals surface area contributed by atoms with Gasteiger partial charge in [0.1, 0.15) is 0 Å². The molecule has 1 unspecified atom stereocenters. The van der Waals surface area contributed by atoms with Crippen LogP contribution in [-0.2, 0) is 9.59 Å². The molecule has 1 aromatic carbocycles. The predicted molar refractivity (Wildman–Crippen MR) is 86.9 cm³/mol. The lowest BCUT2D eigenvalue weighted by Gasteiger charge is -2.17. The van der Waals surface area contributed by atoms with Crippen LogP contribution in [0.4, 0.5) is 11.4 Å². The molecule has 3 rings (SSSR count). The highest BCUT2D eigenvalue weighted by Crippen LogP contribution is 2.24. The fraction of sp³-hybridized carbons (Fsp3) is 0.529. The highest BCUT2D eigenvalue weighted by molar-refractivity contribution is 5.97. The molecular formula is C17H23N3O2. The molecule has 2 aliphatic heterocycles. The first-order valence-corrected chi connectivity index (χ1v) is 8.13. The van der Waals surface area contributed by atoms with E-state index in [1.165, 1.54) is 6.42 Å². The highest BCUT2D eigenvalue weighted by atomic mass is 16.2. The number of rotatable bonds is 5. The van der Waals surface area contributed by atoms with E-state index in [-0.39, 0.29) is 11.8 Å². The third kappa shape index (κ3) is 3.65. The molecule has 2 N–H and O–H groups in total. The van der Waals surface area contributed by atoms with Crippen molar-refractivity contribution >= 4 is 23.2 Å². The summed E-state index contributed by atoms with van der Waals surface area (Å²) in [5.74, 6) is 0.841. The molecule has 1 aromatic rings. The summed E-state index contributed by atoms with van der Waals surface area (Å²) in [6.07, 6.45) is 4.18. The van der Waals surface area contributed by atoms with E-state index in [2.05, 4.69) is 10.6 Å². The summed E-state index contributed by atoms with van der Waals surface area (Å²) in [5, 5.41) is 6.27. The molecule has 118 valence electrons. The van der Waals surface area contributed by atoms with Crippen LogP contribution in [0.15, 0.2) is 24.3 Å². The van der Waals surface area contributed by atoms with Crippen molar-refractivity contribution in [3.8, 4) is 0 Å². The molecule has 0 saturated carbocycles. The monoisotopic (exact) mass is 301 g/mol. The molecule has 2 fully saturated rings. The average molecular weight is 301 g/mol. The molecule has 0 aliphatic carbocycles. The minimum absolute atomic E-state index is 0.0526. The molecule has 1 atom stereocenters. The highest BCUT2D eigenvalue weighted by Gasteiger charge is 2.22. The van der Waals surface area contributed by atoms with E-state index in [4.69, 9.17) is 0 Å². The maximum atomic E-state index is 12.1. The zero-order valence-electron chi connectivity index (χ0n) is 12.8. The van der Waals surface area contributed by atoms with E-state index in [9.17, 15) is 9.59 Å². The van der Waals surface area contributed by atoms with Crippen LogP contribution in [0.3, 0.4) is 0 Å². The van der Waals surface area contributed by atoms with Crippen LogP contribution < -0.4 is 15.5 Å². The minimum atomic E-state index is 0.0526. The van der Waals surface area contributed by atoms with Crippen molar-refractivity contribution in [3.05, 3.63) is 24.3 Å². The summed E-state index contributed by atoms with van der Waals surface area (Å²) in [6, 6.07) is 7.57. The van der Waals surface area contributed by atoms with Crippen LogP contribution in [-0.4, -0.2) is 31.4 Å². The second kappa shape index (κ2) is 6.92. The first-order valence-electron chi connectivity index (χ1n) is 8.13. The maximum absolute atomic E-state index is 12.1. The van der Waals surface area contributed by atoms with Gasteiger partial charge in [-0.2, -0.15) is 0 Å². The van der Waals surface area contributed by atoms with Gasteiger partial charge in [-0.3, -0.25) is 9.59 Å². The Labute approximate surface area is 131 Å². The average Bonchev–Trinajstić information content (AvgIpc) is 3.16. The molecule has 2 amide bonds. The summed E-state index contributed by atoms with van der Waals surface area (Å²) in [5.41, 5.74) is 1.65. The number of benzene rings is 1. The van der Waals surface area contributed by atoms with E-state index >= 15 is 0 Å². The number of carbonyl (C=O) groups excluding carboxylic acids is 2. The molecule has 22 heavy (non-hydrogen) atoms. The zero-order valence-corrected chi connectivity index (χ0v) is 12.8. The normalized spacial score (nSPS) is 21.4. The van der Waals surface area contributed by atoms with Gasteiger partial charge in [-0.05, 0) is 56.5 Å². The number of nitrogens with one attached hydrogen (secondary N) is 2. The Hall–Kier alpha value is -1.88. The Balaban J connectivity index is 1.55. The summed E-state index contributed by atoms with van der Waals surface area (Å²) in [6.45, 7) is 2.86. The summed E-state index contributed by atoms with van der Waals surface area (Å²) in [4.78, 5) is 25.6. The fourth-order valence-electron chi connectivity index (χ4n) is 3.19. The number of carbonyl (C=O) groups is 2. The summed E-state index contributed by atoms with van der Waals surface area (Å²) < 4.78 is 0. The van der Waals surface area contributed by atoms with Gasteiger partial charge in [0.15, 0.2) is 0 Å². The first kappa shape index (κ1) is 15.0. The number of nitrogens with zero attached hydrogens (tertiary/aromatic N) is 1. The second-order valence-corrected chi connectivity index (χ2v) is 6.14. The van der Waals surface area contributed by atoms with Crippen molar-refractivity contribution in [3.63, 3.8) is 0 Å². The van der Waals surface area contributed by atoms with Crippen LogP contribution >= 0.6 is 0 Å². The van der Waals surface area contributed by atoms with Crippen molar-refractivity contribution in [1.82, 2.24) is 5.32 Å². The van der Waals surface area contributed by atoms with Crippen LogP contribution in [0.2, 0.25) is 0 Å². The smallest absolute Gasteiger partial charge is 0.227 e. The van der Waals surface area contributed by atoms with E-state index < -0.39 is 0 Å². The third-order valence-electron chi connectivity index (χ3n) is 4.46. The molecule has 2 saturated heterocycles. The van der Waals surface area contributed by atoms with E-state index in [0.29, 0.717) is 18.8 Å². The lowest BCUT2D eigenvalue weighted by molar-refractivity contribution is -0.117. The van der Waals surface area contributed by atoms with Gasteiger partial charge in [0.25, 0.3) is 0 Å². The Bertz CT molecular complexity index is 553. The van der Waals surface area contributed by atoms with E-state index in [1.807, 2.05) is 24.3 Å². The summed E-state index contributed by atoms with van der Waals surface area (Å²) in [7, 11) is 0. The number of hydrogen-bond donors (Lipinski definition) is 2. The molecule has 0 radical (unpaired) electrons. The van der Waals surface area contributed by atoms with Crippen LogP contribution in [0.25, 0.3) is 0 Å². The van der Waals surface area contributed by atoms with Gasteiger partial charge in [-0.15, -0.1) is 0 Å². The lowest BCUT2D eigenvalue weighted by Crippen LogP contribution is -2.23. The standard InChI is InChI=1S/C17H23N3O2/c21-16(7-6-13-8-9-18-12-13)19-14-3-1-4-15(11-14)20-10-2-5-17(20)22/h1,3-4,11,13,18H,2,5-10,12H2,(H,19,21). The number of anilines is 2. The molecule has 0 spiro atoms. The Morgan fingerprint density at radius 2 is 2.32 bits per heavy atom.